The van der Waals surface area contributed by atoms with E-state index in [0.717, 1.165) is 12.8 Å². The van der Waals surface area contributed by atoms with E-state index in [1.807, 2.05) is 0 Å². The molecule has 0 radical (unpaired) electrons. The largest absolute Gasteiger partial charge is 0.312 e. The van der Waals surface area contributed by atoms with Crippen LogP contribution in [-0.4, -0.2) is 19.0 Å². The maximum Gasteiger partial charge on any atom is 0.265 e. The molecule has 3 heteroatoms. The average Bonchev–Trinajstić information content (AvgIpc) is 2.55. The third-order valence-corrected chi connectivity index (χ3v) is 2.91. The Kier molecular flexibility index (Phi) is 3.04. The van der Waals surface area contributed by atoms with Crippen LogP contribution in [0.15, 0.2) is 0 Å². The van der Waals surface area contributed by atoms with Crippen LogP contribution in [0.3, 0.4) is 0 Å². The van der Waals surface area contributed by atoms with E-state index in [4.69, 9.17) is 0 Å². The Morgan fingerprint density at radius 3 is 2.25 bits per heavy atom. The summed E-state index contributed by atoms with van der Waals surface area (Å²) in [6.07, 6.45) is 3.32. The predicted octanol–water partition coefficient (Wildman–Crippen LogP) is 2.42. The first-order valence-electron chi connectivity index (χ1n) is 4.64. The molecule has 1 aliphatic carbocycles. The molecule has 12 heavy (non-hydrogen) atoms. The molecule has 0 heterocycles. The third kappa shape index (κ3) is 1.76. The van der Waals surface area contributed by atoms with Gasteiger partial charge in [0.15, 0.2) is 0 Å². The first kappa shape index (κ1) is 9.90. The van der Waals surface area contributed by atoms with Crippen molar-refractivity contribution in [3.8, 4) is 0 Å². The summed E-state index contributed by atoms with van der Waals surface area (Å²) in [5, 5.41) is 2.63. The molecule has 1 nitrogen and oxygen atoms in total. The van der Waals surface area contributed by atoms with Gasteiger partial charge in [-0.2, -0.15) is 0 Å². The van der Waals surface area contributed by atoms with Crippen LogP contribution in [0.2, 0.25) is 0 Å². The lowest BCUT2D eigenvalue weighted by Gasteiger charge is -2.28. The van der Waals surface area contributed by atoms with E-state index in [1.165, 1.54) is 0 Å². The molecule has 1 rings (SSSR count). The summed E-state index contributed by atoms with van der Waals surface area (Å²) in [6, 6.07) is -0.694. The van der Waals surface area contributed by atoms with Gasteiger partial charge in [0.1, 0.15) is 0 Å². The number of alkyl halides is 2. The lowest BCUT2D eigenvalue weighted by Crippen LogP contribution is -2.45. The minimum absolute atomic E-state index is 0.389. The van der Waals surface area contributed by atoms with Crippen LogP contribution in [0.4, 0.5) is 8.78 Å². The Hall–Kier alpha value is -0.180. The molecule has 0 aromatic heterocycles. The molecule has 0 amide bonds. The van der Waals surface area contributed by atoms with E-state index >= 15 is 0 Å². The van der Waals surface area contributed by atoms with Crippen LogP contribution in [0.5, 0.6) is 0 Å². The molecular weight excluding hydrogens is 160 g/mol. The second kappa shape index (κ2) is 3.69. The van der Waals surface area contributed by atoms with Crippen LogP contribution in [-0.2, 0) is 0 Å². The Morgan fingerprint density at radius 1 is 1.33 bits per heavy atom. The van der Waals surface area contributed by atoms with E-state index in [1.54, 1.807) is 14.0 Å². The molecule has 1 unspecified atom stereocenters. The minimum atomic E-state index is -2.52. The second-order valence-electron chi connectivity index (χ2n) is 3.67. The van der Waals surface area contributed by atoms with Gasteiger partial charge in [0.25, 0.3) is 5.92 Å². The van der Waals surface area contributed by atoms with Gasteiger partial charge in [0.2, 0.25) is 0 Å². The molecule has 0 spiro atoms. The number of nitrogens with one attached hydrogen (secondary N) is 1. The third-order valence-electron chi connectivity index (χ3n) is 2.91. The number of rotatable bonds is 3. The van der Waals surface area contributed by atoms with Gasteiger partial charge < -0.3 is 5.32 Å². The maximum atomic E-state index is 13.5. The van der Waals surface area contributed by atoms with Crippen molar-refractivity contribution < 1.29 is 8.78 Å². The fourth-order valence-electron chi connectivity index (χ4n) is 1.86. The maximum absolute atomic E-state index is 13.5. The summed E-state index contributed by atoms with van der Waals surface area (Å²) in [6.45, 7) is 1.55. The van der Waals surface area contributed by atoms with Gasteiger partial charge in [0.05, 0.1) is 6.04 Å². The van der Waals surface area contributed by atoms with Crippen LogP contribution in [0.1, 0.15) is 32.6 Å². The Bertz CT molecular complexity index is 141. The van der Waals surface area contributed by atoms with Crippen LogP contribution in [0.25, 0.3) is 0 Å². The predicted molar refractivity (Wildman–Crippen MR) is 45.4 cm³/mol. The summed E-state index contributed by atoms with van der Waals surface area (Å²) in [4.78, 5) is 0. The van der Waals surface area contributed by atoms with Crippen molar-refractivity contribution in [2.24, 2.45) is 5.92 Å². The normalized spacial score (nSPS) is 23.0. The van der Waals surface area contributed by atoms with Crippen molar-refractivity contribution in [1.82, 2.24) is 5.32 Å². The van der Waals surface area contributed by atoms with Gasteiger partial charge in [-0.3, -0.25) is 0 Å². The van der Waals surface area contributed by atoms with E-state index in [-0.39, 0.29) is 5.92 Å². The zero-order valence-electron chi connectivity index (χ0n) is 7.74. The molecule has 0 aliphatic heterocycles. The quantitative estimate of drug-likeness (QED) is 0.698. The van der Waals surface area contributed by atoms with Gasteiger partial charge in [0, 0.05) is 5.92 Å². The molecule has 1 fully saturated rings. The van der Waals surface area contributed by atoms with Crippen molar-refractivity contribution in [3.63, 3.8) is 0 Å². The lowest BCUT2D eigenvalue weighted by molar-refractivity contribution is -0.0808. The first-order chi connectivity index (χ1) is 5.59. The molecule has 0 saturated heterocycles. The monoisotopic (exact) mass is 177 g/mol. The van der Waals surface area contributed by atoms with Gasteiger partial charge in [-0.25, -0.2) is 8.78 Å². The van der Waals surface area contributed by atoms with Crippen molar-refractivity contribution in [2.75, 3.05) is 7.05 Å². The van der Waals surface area contributed by atoms with Crippen LogP contribution >= 0.6 is 0 Å². The zero-order chi connectivity index (χ0) is 9.19. The lowest BCUT2D eigenvalue weighted by atomic mass is 9.94. The van der Waals surface area contributed by atoms with Crippen molar-refractivity contribution in [3.05, 3.63) is 0 Å². The fourth-order valence-corrected chi connectivity index (χ4v) is 1.86. The van der Waals surface area contributed by atoms with Crippen molar-refractivity contribution in [1.29, 1.82) is 0 Å². The van der Waals surface area contributed by atoms with Crippen LogP contribution < -0.4 is 5.32 Å². The summed E-state index contributed by atoms with van der Waals surface area (Å²) in [7, 11) is 1.59. The highest BCUT2D eigenvalue weighted by molar-refractivity contribution is 4.88. The Morgan fingerprint density at radius 2 is 1.83 bits per heavy atom. The van der Waals surface area contributed by atoms with Gasteiger partial charge in [-0.05, 0) is 26.8 Å². The fraction of sp³-hybridized carbons (Fsp3) is 1.00. The molecule has 1 N–H and O–H groups in total. The van der Waals surface area contributed by atoms with E-state index < -0.39 is 12.0 Å². The van der Waals surface area contributed by atoms with Crippen LogP contribution in [0, 0.1) is 5.92 Å². The molecule has 1 aliphatic rings. The molecule has 0 bridgehead atoms. The van der Waals surface area contributed by atoms with E-state index in [2.05, 4.69) is 5.32 Å². The topological polar surface area (TPSA) is 12.0 Å². The molecule has 72 valence electrons. The second-order valence-corrected chi connectivity index (χ2v) is 3.67. The zero-order valence-corrected chi connectivity index (χ0v) is 7.74. The van der Waals surface area contributed by atoms with Crippen molar-refractivity contribution >= 4 is 0 Å². The molecule has 1 atom stereocenters. The average molecular weight is 177 g/mol. The first-order valence-corrected chi connectivity index (χ1v) is 4.64. The summed E-state index contributed by atoms with van der Waals surface area (Å²) >= 11 is 0. The molecule has 1 saturated carbocycles. The van der Waals surface area contributed by atoms with Crippen molar-refractivity contribution in [2.45, 2.75) is 44.6 Å². The standard InChI is InChI=1S/C9H17F2N/c1-7(12-2)9(10,11)8-5-3-4-6-8/h7-8,12H,3-6H2,1-2H3. The number of halogens is 2. The van der Waals surface area contributed by atoms with E-state index in [9.17, 15) is 8.78 Å². The molecule has 0 aromatic carbocycles. The molecular formula is C9H17F2N. The van der Waals surface area contributed by atoms with Gasteiger partial charge in [-0.15, -0.1) is 0 Å². The number of hydrogen-bond acceptors (Lipinski definition) is 1. The molecule has 0 aromatic rings. The summed E-state index contributed by atoms with van der Waals surface area (Å²) < 4.78 is 26.9. The highest BCUT2D eigenvalue weighted by atomic mass is 19.3. The summed E-state index contributed by atoms with van der Waals surface area (Å²) in [5.74, 6) is -2.91. The highest BCUT2D eigenvalue weighted by Gasteiger charge is 2.44. The Balaban J connectivity index is 2.56. The minimum Gasteiger partial charge on any atom is -0.312 e. The Labute approximate surface area is 72.5 Å². The van der Waals surface area contributed by atoms with Gasteiger partial charge in [-0.1, -0.05) is 12.8 Å². The van der Waals surface area contributed by atoms with Gasteiger partial charge >= 0.3 is 0 Å². The smallest absolute Gasteiger partial charge is 0.265 e. The SMILES string of the molecule is CNC(C)C(F)(F)C1CCCC1. The number of hydrogen-bond donors (Lipinski definition) is 1. The van der Waals surface area contributed by atoms with E-state index in [0.29, 0.717) is 12.8 Å². The highest BCUT2D eigenvalue weighted by Crippen LogP contribution is 2.39. The summed E-state index contributed by atoms with van der Waals surface area (Å²) in [5.41, 5.74) is 0.